The first kappa shape index (κ1) is 14.2. The Kier molecular flexibility index (Phi) is 3.13. The minimum absolute atomic E-state index is 0.350. The molecule has 2 atom stereocenters. The van der Waals surface area contributed by atoms with Gasteiger partial charge in [-0.3, -0.25) is 4.79 Å². The van der Waals surface area contributed by atoms with Crippen LogP contribution in [0, 0.1) is 11.3 Å². The van der Waals surface area contributed by atoms with Gasteiger partial charge >= 0.3 is 6.03 Å². The van der Waals surface area contributed by atoms with Crippen molar-refractivity contribution in [3.05, 3.63) is 28.8 Å². The second-order valence-corrected chi connectivity index (χ2v) is 6.36. The summed E-state index contributed by atoms with van der Waals surface area (Å²) in [5.74, 6) is -0.350. The SMILES string of the molecule is N#Cc1ccc(N2C(=O)C3[C@H](O)CCN3C2=O)c2c1CCCC2. The molecule has 0 radical (unpaired) electrons. The molecule has 6 nitrogen and oxygen atoms in total. The summed E-state index contributed by atoms with van der Waals surface area (Å²) in [5.41, 5.74) is 3.12. The maximum absolute atomic E-state index is 12.7. The number of hydrogen-bond acceptors (Lipinski definition) is 4. The molecule has 3 amide bonds. The highest BCUT2D eigenvalue weighted by molar-refractivity contribution is 6.22. The topological polar surface area (TPSA) is 84.6 Å². The van der Waals surface area contributed by atoms with E-state index in [0.717, 1.165) is 36.8 Å². The van der Waals surface area contributed by atoms with E-state index in [2.05, 4.69) is 6.07 Å². The number of rotatable bonds is 1. The first-order chi connectivity index (χ1) is 11.1. The number of nitrogens with zero attached hydrogens (tertiary/aromatic N) is 3. The molecule has 2 aliphatic heterocycles. The molecule has 2 heterocycles. The number of anilines is 1. The summed E-state index contributed by atoms with van der Waals surface area (Å²) in [5, 5.41) is 19.3. The van der Waals surface area contributed by atoms with E-state index in [4.69, 9.17) is 0 Å². The summed E-state index contributed by atoms with van der Waals surface area (Å²) in [7, 11) is 0. The van der Waals surface area contributed by atoms with Crippen molar-refractivity contribution in [1.82, 2.24) is 4.90 Å². The molecule has 1 aromatic carbocycles. The van der Waals surface area contributed by atoms with Gasteiger partial charge in [0.05, 0.1) is 23.4 Å². The summed E-state index contributed by atoms with van der Waals surface area (Å²) in [6.07, 6.45) is 3.23. The Morgan fingerprint density at radius 3 is 2.61 bits per heavy atom. The molecule has 2 saturated heterocycles. The Labute approximate surface area is 133 Å². The molecular formula is C17H17N3O3. The van der Waals surface area contributed by atoms with Crippen LogP contribution in [0.5, 0.6) is 0 Å². The standard InChI is InChI=1S/C17H17N3O3/c18-9-10-5-6-13(12-4-2-1-3-11(10)12)20-16(22)15-14(21)7-8-19(15)17(20)23/h5-6,14-15,21H,1-4,7-8H2/t14-,15?/m1/s1. The smallest absolute Gasteiger partial charge is 0.332 e. The Hall–Kier alpha value is -2.39. The molecule has 2 fully saturated rings. The molecule has 1 N–H and O–H groups in total. The van der Waals surface area contributed by atoms with Crippen LogP contribution in [0.25, 0.3) is 0 Å². The molecule has 4 rings (SSSR count). The van der Waals surface area contributed by atoms with E-state index in [-0.39, 0.29) is 11.9 Å². The Bertz CT molecular complexity index is 752. The van der Waals surface area contributed by atoms with E-state index in [9.17, 15) is 20.0 Å². The molecule has 6 heteroatoms. The third-order valence-electron chi connectivity index (χ3n) is 5.15. The number of benzene rings is 1. The van der Waals surface area contributed by atoms with E-state index in [1.807, 2.05) is 0 Å². The number of carbonyl (C=O) groups is 2. The summed E-state index contributed by atoms with van der Waals surface area (Å²) in [6, 6.07) is 4.49. The predicted molar refractivity (Wildman–Crippen MR) is 81.8 cm³/mol. The van der Waals surface area contributed by atoms with Gasteiger partial charge in [0.1, 0.15) is 6.04 Å². The molecule has 23 heavy (non-hydrogen) atoms. The van der Waals surface area contributed by atoms with E-state index in [0.29, 0.717) is 24.2 Å². The number of aliphatic hydroxyl groups excluding tert-OH is 1. The van der Waals surface area contributed by atoms with Crippen molar-refractivity contribution in [2.45, 2.75) is 44.2 Å². The van der Waals surface area contributed by atoms with Gasteiger partial charge in [-0.1, -0.05) is 0 Å². The Balaban J connectivity index is 1.81. The van der Waals surface area contributed by atoms with Gasteiger partial charge in [-0.15, -0.1) is 0 Å². The van der Waals surface area contributed by atoms with Crippen LogP contribution in [0.3, 0.4) is 0 Å². The molecule has 1 aromatic rings. The summed E-state index contributed by atoms with van der Waals surface area (Å²) >= 11 is 0. The number of carbonyl (C=O) groups excluding carboxylic acids is 2. The minimum atomic E-state index is -0.786. The third kappa shape index (κ3) is 1.90. The predicted octanol–water partition coefficient (Wildman–Crippen LogP) is 1.34. The van der Waals surface area contributed by atoms with Gasteiger partial charge in [-0.2, -0.15) is 5.26 Å². The van der Waals surface area contributed by atoms with Gasteiger partial charge in [-0.05, 0) is 55.4 Å². The van der Waals surface area contributed by atoms with E-state index in [1.54, 1.807) is 12.1 Å². The molecule has 3 aliphatic rings. The number of amides is 3. The van der Waals surface area contributed by atoms with Crippen molar-refractivity contribution in [2.75, 3.05) is 11.4 Å². The van der Waals surface area contributed by atoms with Gasteiger partial charge < -0.3 is 10.0 Å². The number of fused-ring (bicyclic) bond motifs is 2. The maximum Gasteiger partial charge on any atom is 0.332 e. The van der Waals surface area contributed by atoms with Crippen molar-refractivity contribution in [1.29, 1.82) is 5.26 Å². The van der Waals surface area contributed by atoms with Crippen molar-refractivity contribution in [3.8, 4) is 6.07 Å². The van der Waals surface area contributed by atoms with E-state index >= 15 is 0 Å². The average Bonchev–Trinajstić information content (AvgIpc) is 3.07. The number of hydrogen-bond donors (Lipinski definition) is 1. The van der Waals surface area contributed by atoms with Gasteiger partial charge in [0.15, 0.2) is 0 Å². The third-order valence-corrected chi connectivity index (χ3v) is 5.15. The van der Waals surface area contributed by atoms with Crippen molar-refractivity contribution in [3.63, 3.8) is 0 Å². The first-order valence-corrected chi connectivity index (χ1v) is 8.01. The Morgan fingerprint density at radius 1 is 1.17 bits per heavy atom. The second kappa shape index (κ2) is 5.07. The molecule has 0 aromatic heterocycles. The fourth-order valence-corrected chi connectivity index (χ4v) is 4.03. The lowest BCUT2D eigenvalue weighted by Gasteiger charge is -2.25. The lowest BCUT2D eigenvalue weighted by atomic mass is 9.87. The summed E-state index contributed by atoms with van der Waals surface area (Å²) in [4.78, 5) is 28.0. The molecule has 0 bridgehead atoms. The van der Waals surface area contributed by atoms with E-state index in [1.165, 1.54) is 9.80 Å². The zero-order valence-electron chi connectivity index (χ0n) is 12.7. The van der Waals surface area contributed by atoms with Gasteiger partial charge in [0, 0.05) is 6.54 Å². The van der Waals surface area contributed by atoms with Crippen LogP contribution in [0.1, 0.15) is 36.0 Å². The zero-order chi connectivity index (χ0) is 16.1. The summed E-state index contributed by atoms with van der Waals surface area (Å²) < 4.78 is 0. The molecule has 1 aliphatic carbocycles. The van der Waals surface area contributed by atoms with Crippen LogP contribution in [0.15, 0.2) is 12.1 Å². The van der Waals surface area contributed by atoms with Crippen LogP contribution in [0.2, 0.25) is 0 Å². The lowest BCUT2D eigenvalue weighted by Crippen LogP contribution is -2.37. The average molecular weight is 311 g/mol. The normalized spacial score (nSPS) is 26.3. The number of nitriles is 1. The van der Waals surface area contributed by atoms with Crippen LogP contribution in [-0.2, 0) is 17.6 Å². The van der Waals surface area contributed by atoms with Crippen LogP contribution >= 0.6 is 0 Å². The fraction of sp³-hybridized carbons (Fsp3) is 0.471. The van der Waals surface area contributed by atoms with Crippen LogP contribution in [0.4, 0.5) is 10.5 Å². The molecule has 1 unspecified atom stereocenters. The molecule has 0 spiro atoms. The molecule has 0 saturated carbocycles. The summed E-state index contributed by atoms with van der Waals surface area (Å²) in [6.45, 7) is 0.408. The lowest BCUT2D eigenvalue weighted by molar-refractivity contribution is -0.121. The first-order valence-electron chi connectivity index (χ1n) is 8.01. The maximum atomic E-state index is 12.7. The monoisotopic (exact) mass is 311 g/mol. The highest BCUT2D eigenvalue weighted by Crippen LogP contribution is 2.37. The number of imide groups is 1. The van der Waals surface area contributed by atoms with Gasteiger partial charge in [0.2, 0.25) is 0 Å². The minimum Gasteiger partial charge on any atom is -0.390 e. The van der Waals surface area contributed by atoms with Crippen molar-refractivity contribution >= 4 is 17.6 Å². The van der Waals surface area contributed by atoms with Crippen LogP contribution in [-0.4, -0.2) is 40.6 Å². The number of aliphatic hydroxyl groups is 1. The highest BCUT2D eigenvalue weighted by atomic mass is 16.3. The largest absolute Gasteiger partial charge is 0.390 e. The van der Waals surface area contributed by atoms with Crippen LogP contribution < -0.4 is 4.90 Å². The fourth-order valence-electron chi connectivity index (χ4n) is 4.03. The zero-order valence-corrected chi connectivity index (χ0v) is 12.7. The van der Waals surface area contributed by atoms with Crippen molar-refractivity contribution in [2.24, 2.45) is 0 Å². The van der Waals surface area contributed by atoms with Gasteiger partial charge in [0.25, 0.3) is 5.91 Å². The van der Waals surface area contributed by atoms with E-state index < -0.39 is 12.1 Å². The van der Waals surface area contributed by atoms with Crippen molar-refractivity contribution < 1.29 is 14.7 Å². The molecule has 118 valence electrons. The highest BCUT2D eigenvalue weighted by Gasteiger charge is 2.53. The Morgan fingerprint density at radius 2 is 1.91 bits per heavy atom. The van der Waals surface area contributed by atoms with Gasteiger partial charge in [-0.25, -0.2) is 9.69 Å². The second-order valence-electron chi connectivity index (χ2n) is 6.36. The number of urea groups is 1. The quantitative estimate of drug-likeness (QED) is 0.793. The molecular weight excluding hydrogens is 294 g/mol.